The standard InChI is InChI=1S/C29H28ClFN4O6/c1-34-15-20(19-5-3-4-6-24(19)34)28(39)33-23-12-22(31)16(9-21(23)30)10-26(36)35-14-18(40-2)11-25(35)29-32-13-17(41-29)7-8-27(37)38/h3-6,9,12-13,15,18,25H,7-8,10-11,14H2,1-2H3,(H,33,39)(H,37,38)/t18-,25-/m0/s1. The van der Waals surface area contributed by atoms with Gasteiger partial charge in [0, 0.05) is 50.6 Å². The Morgan fingerprint density at radius 2 is 2.05 bits per heavy atom. The third kappa shape index (κ3) is 5.96. The highest BCUT2D eigenvalue weighted by Crippen LogP contribution is 2.35. The number of aliphatic carboxylic acids is 1. The summed E-state index contributed by atoms with van der Waals surface area (Å²) in [6.45, 7) is 0.251. The van der Waals surface area contributed by atoms with Gasteiger partial charge < -0.3 is 29.0 Å². The SMILES string of the molecule is CO[C@H]1C[C@@H](c2ncc(CCC(=O)O)o2)N(C(=O)Cc2cc(Cl)c(NC(=O)c3cn(C)c4ccccc34)cc2F)C1. The molecule has 4 aromatic rings. The van der Waals surface area contributed by atoms with Crippen LogP contribution in [0.2, 0.25) is 5.02 Å². The van der Waals surface area contributed by atoms with E-state index in [0.29, 0.717) is 17.7 Å². The number of carbonyl (C=O) groups is 3. The second kappa shape index (κ2) is 11.7. The number of benzene rings is 2. The lowest BCUT2D eigenvalue weighted by molar-refractivity contribution is -0.137. The van der Waals surface area contributed by atoms with E-state index < -0.39 is 23.7 Å². The maximum absolute atomic E-state index is 15.2. The van der Waals surface area contributed by atoms with E-state index in [2.05, 4.69) is 10.3 Å². The number of carboxylic acids is 1. The van der Waals surface area contributed by atoms with Crippen LogP contribution in [0.5, 0.6) is 0 Å². The van der Waals surface area contributed by atoms with Crippen LogP contribution in [-0.2, 0) is 34.2 Å². The highest BCUT2D eigenvalue weighted by molar-refractivity contribution is 6.34. The lowest BCUT2D eigenvalue weighted by Gasteiger charge is -2.22. The molecule has 1 fully saturated rings. The van der Waals surface area contributed by atoms with Gasteiger partial charge in [0.2, 0.25) is 11.8 Å². The van der Waals surface area contributed by atoms with Crippen LogP contribution in [0.25, 0.3) is 10.9 Å². The third-order valence-electron chi connectivity index (χ3n) is 7.23. The van der Waals surface area contributed by atoms with Crippen LogP contribution >= 0.6 is 11.6 Å². The average Bonchev–Trinajstić information content (AvgIpc) is 3.67. The van der Waals surface area contributed by atoms with E-state index in [0.717, 1.165) is 17.0 Å². The van der Waals surface area contributed by atoms with Crippen molar-refractivity contribution in [2.75, 3.05) is 19.0 Å². The van der Waals surface area contributed by atoms with Gasteiger partial charge >= 0.3 is 5.97 Å². The number of anilines is 1. The van der Waals surface area contributed by atoms with Crippen molar-refractivity contribution in [3.63, 3.8) is 0 Å². The minimum absolute atomic E-state index is 0.0670. The molecule has 12 heteroatoms. The normalized spacial score (nSPS) is 16.8. The number of nitrogens with zero attached hydrogens (tertiary/aromatic N) is 3. The smallest absolute Gasteiger partial charge is 0.303 e. The molecule has 10 nitrogen and oxygen atoms in total. The number of carbonyl (C=O) groups excluding carboxylic acids is 2. The monoisotopic (exact) mass is 582 g/mol. The molecular weight excluding hydrogens is 555 g/mol. The summed E-state index contributed by atoms with van der Waals surface area (Å²) in [6, 6.07) is 9.32. The molecule has 1 aliphatic heterocycles. The predicted octanol–water partition coefficient (Wildman–Crippen LogP) is 4.76. The summed E-state index contributed by atoms with van der Waals surface area (Å²) in [6.07, 6.45) is 3.06. The van der Waals surface area contributed by atoms with Crippen molar-refractivity contribution in [1.82, 2.24) is 14.5 Å². The maximum atomic E-state index is 15.2. The van der Waals surface area contributed by atoms with Crippen LogP contribution < -0.4 is 5.32 Å². The molecular formula is C29H28ClFN4O6. The molecule has 1 aliphatic rings. The zero-order chi connectivity index (χ0) is 29.3. The number of halogens is 2. The van der Waals surface area contributed by atoms with Crippen LogP contribution in [0, 0.1) is 5.82 Å². The number of amides is 2. The molecule has 0 radical (unpaired) electrons. The molecule has 214 valence electrons. The molecule has 41 heavy (non-hydrogen) atoms. The molecule has 5 rings (SSSR count). The van der Waals surface area contributed by atoms with Gasteiger partial charge in [-0.25, -0.2) is 9.37 Å². The topological polar surface area (TPSA) is 127 Å². The number of oxazole rings is 1. The number of rotatable bonds is 9. The van der Waals surface area contributed by atoms with Crippen molar-refractivity contribution in [2.45, 2.75) is 37.8 Å². The summed E-state index contributed by atoms with van der Waals surface area (Å²) in [5.74, 6) is -1.81. The second-order valence-electron chi connectivity index (χ2n) is 9.94. The van der Waals surface area contributed by atoms with E-state index in [1.807, 2.05) is 35.9 Å². The Kier molecular flexibility index (Phi) is 8.09. The summed E-state index contributed by atoms with van der Waals surface area (Å²) in [4.78, 5) is 43.0. The Hall–Kier alpha value is -4.22. The molecule has 0 unspecified atom stereocenters. The fourth-order valence-electron chi connectivity index (χ4n) is 5.10. The van der Waals surface area contributed by atoms with E-state index in [9.17, 15) is 14.4 Å². The van der Waals surface area contributed by atoms with Crippen molar-refractivity contribution < 1.29 is 33.0 Å². The lowest BCUT2D eigenvalue weighted by Crippen LogP contribution is -2.33. The number of methoxy groups -OCH3 is 1. The van der Waals surface area contributed by atoms with Gasteiger partial charge in [0.25, 0.3) is 5.91 Å². The quantitative estimate of drug-likeness (QED) is 0.291. The number of likely N-dealkylation sites (tertiary alicyclic amines) is 1. The fraction of sp³-hybridized carbons (Fsp3) is 0.310. The predicted molar refractivity (Wildman–Crippen MR) is 148 cm³/mol. The number of para-hydroxylation sites is 1. The Balaban J connectivity index is 1.31. The van der Waals surface area contributed by atoms with Gasteiger partial charge in [-0.15, -0.1) is 0 Å². The summed E-state index contributed by atoms with van der Waals surface area (Å²) in [7, 11) is 3.37. The highest BCUT2D eigenvalue weighted by Gasteiger charge is 2.39. The van der Waals surface area contributed by atoms with Crippen molar-refractivity contribution in [3.8, 4) is 0 Å². The molecule has 2 atom stereocenters. The first-order valence-electron chi connectivity index (χ1n) is 13.0. The number of carboxylic acid groups (broad SMARTS) is 1. The van der Waals surface area contributed by atoms with E-state index in [4.69, 9.17) is 25.9 Å². The van der Waals surface area contributed by atoms with Crippen molar-refractivity contribution >= 4 is 46.0 Å². The van der Waals surface area contributed by atoms with Gasteiger partial charge in [0.05, 0.1) is 41.4 Å². The summed E-state index contributed by atoms with van der Waals surface area (Å²) in [5.41, 5.74) is 1.45. The Bertz CT molecular complexity index is 1630. The van der Waals surface area contributed by atoms with Crippen LogP contribution in [0.4, 0.5) is 10.1 Å². The Morgan fingerprint density at radius 1 is 1.27 bits per heavy atom. The first-order valence-corrected chi connectivity index (χ1v) is 13.3. The number of fused-ring (bicyclic) bond motifs is 1. The number of aryl methyl sites for hydroxylation is 2. The van der Waals surface area contributed by atoms with Crippen LogP contribution in [0.15, 0.2) is 53.2 Å². The minimum Gasteiger partial charge on any atom is -0.481 e. The van der Waals surface area contributed by atoms with Crippen molar-refractivity contribution in [2.24, 2.45) is 7.05 Å². The third-order valence-corrected chi connectivity index (χ3v) is 7.54. The molecule has 3 heterocycles. The zero-order valence-corrected chi connectivity index (χ0v) is 23.2. The molecule has 2 aromatic carbocycles. The van der Waals surface area contributed by atoms with Crippen molar-refractivity contribution in [1.29, 1.82) is 0 Å². The lowest BCUT2D eigenvalue weighted by atomic mass is 10.1. The van der Waals surface area contributed by atoms with Crippen LogP contribution in [0.3, 0.4) is 0 Å². The molecule has 2 aromatic heterocycles. The number of ether oxygens (including phenoxy) is 1. The number of aromatic nitrogens is 2. The molecule has 0 saturated carbocycles. The van der Waals surface area contributed by atoms with Gasteiger partial charge in [-0.1, -0.05) is 29.8 Å². The molecule has 2 amide bonds. The minimum atomic E-state index is -0.958. The number of hydrogen-bond acceptors (Lipinski definition) is 6. The van der Waals surface area contributed by atoms with Gasteiger partial charge in [-0.2, -0.15) is 0 Å². The van der Waals surface area contributed by atoms with E-state index >= 15 is 4.39 Å². The number of hydrogen-bond donors (Lipinski definition) is 2. The summed E-state index contributed by atoms with van der Waals surface area (Å²) < 4.78 is 28.2. The molecule has 0 bridgehead atoms. The van der Waals surface area contributed by atoms with Gasteiger partial charge in [-0.3, -0.25) is 14.4 Å². The maximum Gasteiger partial charge on any atom is 0.303 e. The molecule has 0 spiro atoms. The van der Waals surface area contributed by atoms with E-state index in [-0.39, 0.29) is 60.0 Å². The van der Waals surface area contributed by atoms with Crippen LogP contribution in [-0.4, -0.2) is 57.1 Å². The fourth-order valence-corrected chi connectivity index (χ4v) is 5.33. The van der Waals surface area contributed by atoms with Gasteiger partial charge in [0.1, 0.15) is 17.6 Å². The van der Waals surface area contributed by atoms with Gasteiger partial charge in [-0.05, 0) is 23.8 Å². The second-order valence-corrected chi connectivity index (χ2v) is 10.3. The number of nitrogens with one attached hydrogen (secondary N) is 1. The Labute approximate surface area is 239 Å². The average molecular weight is 583 g/mol. The van der Waals surface area contributed by atoms with E-state index in [1.54, 1.807) is 6.20 Å². The highest BCUT2D eigenvalue weighted by atomic mass is 35.5. The van der Waals surface area contributed by atoms with Gasteiger partial charge in [0.15, 0.2) is 0 Å². The summed E-state index contributed by atoms with van der Waals surface area (Å²) in [5, 5.41) is 12.4. The summed E-state index contributed by atoms with van der Waals surface area (Å²) >= 11 is 6.43. The largest absolute Gasteiger partial charge is 0.481 e. The first kappa shape index (κ1) is 28.3. The Morgan fingerprint density at radius 3 is 2.80 bits per heavy atom. The van der Waals surface area contributed by atoms with Crippen molar-refractivity contribution in [3.05, 3.63) is 82.4 Å². The zero-order valence-electron chi connectivity index (χ0n) is 22.4. The first-order chi connectivity index (χ1) is 19.6. The molecule has 2 N–H and O–H groups in total. The molecule has 0 aliphatic carbocycles. The molecule has 1 saturated heterocycles. The van der Waals surface area contributed by atoms with Crippen LogP contribution in [0.1, 0.15) is 46.5 Å². The van der Waals surface area contributed by atoms with E-state index in [1.165, 1.54) is 24.3 Å².